The minimum absolute atomic E-state index is 0.0201. The molecule has 2 aliphatic heterocycles. The second-order valence-electron chi connectivity index (χ2n) is 8.14. The van der Waals surface area contributed by atoms with E-state index in [1.54, 1.807) is 4.90 Å². The van der Waals surface area contributed by atoms with Gasteiger partial charge in [0, 0.05) is 30.6 Å². The predicted molar refractivity (Wildman–Crippen MR) is 121 cm³/mol. The van der Waals surface area contributed by atoms with Crippen molar-refractivity contribution >= 4 is 40.0 Å². The zero-order valence-corrected chi connectivity index (χ0v) is 17.9. The quantitative estimate of drug-likeness (QED) is 0.678. The second-order valence-corrected chi connectivity index (χ2v) is 8.14. The molecule has 9 nitrogen and oxygen atoms in total. The van der Waals surface area contributed by atoms with E-state index in [1.807, 2.05) is 18.7 Å². The minimum atomic E-state index is -0.0833. The van der Waals surface area contributed by atoms with Crippen molar-refractivity contribution in [3.63, 3.8) is 0 Å². The molecule has 1 atom stereocenters. The molecule has 31 heavy (non-hydrogen) atoms. The third-order valence-corrected chi connectivity index (χ3v) is 5.81. The number of carbonyl (C=O) groups excluding carboxylic acids is 1. The largest absolute Gasteiger partial charge is 0.383 e. The van der Waals surface area contributed by atoms with Crippen LogP contribution in [0.1, 0.15) is 37.8 Å². The molecule has 4 rings (SSSR count). The summed E-state index contributed by atoms with van der Waals surface area (Å²) in [7, 11) is 0. The van der Waals surface area contributed by atoms with Crippen LogP contribution in [0.3, 0.4) is 0 Å². The van der Waals surface area contributed by atoms with Crippen LogP contribution >= 0.6 is 0 Å². The molecule has 0 saturated carbocycles. The summed E-state index contributed by atoms with van der Waals surface area (Å²) >= 11 is 0. The SMILES string of the molecule is C=C(C)CN(CC)c1nc(N)c2c(N)nc3c(c2c1C#N)CC(=O)N3CC1CCCO1. The van der Waals surface area contributed by atoms with Gasteiger partial charge in [-0.3, -0.25) is 9.69 Å². The molecule has 0 aliphatic carbocycles. The van der Waals surface area contributed by atoms with Crippen molar-refractivity contribution in [2.75, 3.05) is 47.5 Å². The lowest BCUT2D eigenvalue weighted by molar-refractivity contribution is -0.117. The maximum absolute atomic E-state index is 12.9. The van der Waals surface area contributed by atoms with E-state index in [0.717, 1.165) is 18.4 Å². The predicted octanol–water partition coefficient (Wildman–Crippen LogP) is 2.14. The average molecular weight is 422 g/mol. The summed E-state index contributed by atoms with van der Waals surface area (Å²) in [6.45, 7) is 10.1. The van der Waals surface area contributed by atoms with E-state index in [0.29, 0.717) is 59.8 Å². The van der Waals surface area contributed by atoms with E-state index < -0.39 is 0 Å². The number of ether oxygens (including phenoxy) is 1. The van der Waals surface area contributed by atoms with E-state index >= 15 is 0 Å². The summed E-state index contributed by atoms with van der Waals surface area (Å²) in [5.74, 6) is 1.23. The molecule has 0 spiro atoms. The van der Waals surface area contributed by atoms with Crippen LogP contribution in [0.2, 0.25) is 0 Å². The lowest BCUT2D eigenvalue weighted by Crippen LogP contribution is -2.35. The average Bonchev–Trinajstić information content (AvgIpc) is 3.34. The van der Waals surface area contributed by atoms with Gasteiger partial charge in [0.25, 0.3) is 0 Å². The standard InChI is InChI=1S/C22H27N7O2/c1-4-28(10-12(2)3)21-15(9-23)17-14-8-16(30)29(11-13-6-5-7-31-13)22(14)27-20(25)18(17)19(24)26-21/h13H,2,4-8,10-11H2,1,3H3,(H2,24,26)(H2,25,27). The summed E-state index contributed by atoms with van der Waals surface area (Å²) in [4.78, 5) is 25.5. The Morgan fingerprint density at radius 3 is 2.71 bits per heavy atom. The fourth-order valence-corrected chi connectivity index (χ4v) is 4.43. The van der Waals surface area contributed by atoms with Crippen LogP contribution < -0.4 is 21.3 Å². The number of nitrogens with two attached hydrogens (primary N) is 2. The highest BCUT2D eigenvalue weighted by Crippen LogP contribution is 2.42. The topological polar surface area (TPSA) is 134 Å². The summed E-state index contributed by atoms with van der Waals surface area (Å²) < 4.78 is 5.71. The smallest absolute Gasteiger partial charge is 0.232 e. The number of anilines is 4. The van der Waals surface area contributed by atoms with Gasteiger partial charge in [-0.15, -0.1) is 0 Å². The molecule has 1 amide bonds. The number of likely N-dealkylation sites (N-methyl/N-ethyl adjacent to an activating group) is 1. The molecule has 1 saturated heterocycles. The molecule has 2 aromatic heterocycles. The maximum atomic E-state index is 12.9. The van der Waals surface area contributed by atoms with Gasteiger partial charge < -0.3 is 21.1 Å². The molecule has 1 fully saturated rings. The Hall–Kier alpha value is -3.38. The third kappa shape index (κ3) is 3.53. The minimum Gasteiger partial charge on any atom is -0.383 e. The van der Waals surface area contributed by atoms with Crippen LogP contribution in [-0.4, -0.2) is 48.2 Å². The van der Waals surface area contributed by atoms with Gasteiger partial charge in [0.2, 0.25) is 5.91 Å². The van der Waals surface area contributed by atoms with E-state index in [2.05, 4.69) is 22.6 Å². The number of carbonyl (C=O) groups is 1. The van der Waals surface area contributed by atoms with Crippen LogP contribution in [0.15, 0.2) is 12.2 Å². The fourth-order valence-electron chi connectivity index (χ4n) is 4.43. The number of hydrogen-bond donors (Lipinski definition) is 2. The van der Waals surface area contributed by atoms with Crippen LogP contribution in [-0.2, 0) is 16.0 Å². The van der Waals surface area contributed by atoms with Crippen LogP contribution in [0.4, 0.5) is 23.3 Å². The number of nitriles is 1. The van der Waals surface area contributed by atoms with Crippen LogP contribution in [0.5, 0.6) is 0 Å². The Morgan fingerprint density at radius 2 is 2.10 bits per heavy atom. The van der Waals surface area contributed by atoms with Gasteiger partial charge in [-0.2, -0.15) is 5.26 Å². The Labute approximate surface area is 181 Å². The van der Waals surface area contributed by atoms with Crippen molar-refractivity contribution < 1.29 is 9.53 Å². The molecular formula is C22H27N7O2. The number of pyridine rings is 2. The van der Waals surface area contributed by atoms with E-state index in [4.69, 9.17) is 16.2 Å². The Balaban J connectivity index is 1.93. The highest BCUT2D eigenvalue weighted by molar-refractivity contribution is 6.13. The monoisotopic (exact) mass is 421 g/mol. The molecule has 162 valence electrons. The number of fused-ring (bicyclic) bond motifs is 3. The molecule has 0 radical (unpaired) electrons. The molecule has 4 heterocycles. The van der Waals surface area contributed by atoms with Gasteiger partial charge in [-0.05, 0) is 26.7 Å². The Morgan fingerprint density at radius 1 is 1.35 bits per heavy atom. The maximum Gasteiger partial charge on any atom is 0.232 e. The molecular weight excluding hydrogens is 394 g/mol. The molecule has 2 aliphatic rings. The molecule has 2 aromatic rings. The highest BCUT2D eigenvalue weighted by atomic mass is 16.5. The lowest BCUT2D eigenvalue weighted by Gasteiger charge is -2.25. The molecule has 9 heteroatoms. The summed E-state index contributed by atoms with van der Waals surface area (Å²) in [5, 5.41) is 11.1. The summed E-state index contributed by atoms with van der Waals surface area (Å²) in [5.41, 5.74) is 14.5. The first-order valence-electron chi connectivity index (χ1n) is 10.5. The number of rotatable bonds is 6. The molecule has 4 N–H and O–H groups in total. The van der Waals surface area contributed by atoms with E-state index in [1.165, 1.54) is 0 Å². The second kappa shape index (κ2) is 8.04. The third-order valence-electron chi connectivity index (χ3n) is 5.81. The highest BCUT2D eigenvalue weighted by Gasteiger charge is 2.36. The summed E-state index contributed by atoms with van der Waals surface area (Å²) in [6, 6.07) is 2.29. The van der Waals surface area contributed by atoms with Crippen molar-refractivity contribution in [1.82, 2.24) is 9.97 Å². The first-order chi connectivity index (χ1) is 14.8. The molecule has 0 aromatic carbocycles. The number of nitrogens with zero attached hydrogens (tertiary/aromatic N) is 5. The van der Waals surface area contributed by atoms with Gasteiger partial charge in [-0.1, -0.05) is 12.2 Å². The normalized spacial score (nSPS) is 17.8. The van der Waals surface area contributed by atoms with Crippen LogP contribution in [0, 0.1) is 11.3 Å². The van der Waals surface area contributed by atoms with Crippen molar-refractivity contribution in [1.29, 1.82) is 5.26 Å². The summed E-state index contributed by atoms with van der Waals surface area (Å²) in [6.07, 6.45) is 2.00. The Kier molecular flexibility index (Phi) is 5.41. The van der Waals surface area contributed by atoms with Crippen molar-refractivity contribution in [3.05, 3.63) is 23.3 Å². The number of nitrogen functional groups attached to an aromatic ring is 2. The Bertz CT molecular complexity index is 1120. The number of hydrogen-bond acceptors (Lipinski definition) is 8. The van der Waals surface area contributed by atoms with Crippen molar-refractivity contribution in [2.45, 2.75) is 39.2 Å². The van der Waals surface area contributed by atoms with E-state index in [9.17, 15) is 10.1 Å². The number of aromatic nitrogens is 2. The fraction of sp³-hybridized carbons (Fsp3) is 0.455. The van der Waals surface area contributed by atoms with Gasteiger partial charge in [0.05, 0.1) is 24.5 Å². The zero-order chi connectivity index (χ0) is 22.3. The van der Waals surface area contributed by atoms with E-state index in [-0.39, 0.29) is 30.1 Å². The molecule has 1 unspecified atom stereocenters. The van der Waals surface area contributed by atoms with Gasteiger partial charge in [0.15, 0.2) is 0 Å². The van der Waals surface area contributed by atoms with Gasteiger partial charge in [-0.25, -0.2) is 9.97 Å². The lowest BCUT2D eigenvalue weighted by atomic mass is 10.0. The molecule has 0 bridgehead atoms. The van der Waals surface area contributed by atoms with Crippen molar-refractivity contribution in [3.8, 4) is 6.07 Å². The van der Waals surface area contributed by atoms with Gasteiger partial charge >= 0.3 is 0 Å². The van der Waals surface area contributed by atoms with Gasteiger partial charge in [0.1, 0.15) is 34.9 Å². The van der Waals surface area contributed by atoms with Crippen LogP contribution in [0.25, 0.3) is 10.8 Å². The first kappa shape index (κ1) is 20.9. The zero-order valence-electron chi connectivity index (χ0n) is 17.9. The first-order valence-corrected chi connectivity index (χ1v) is 10.5. The number of amides is 1. The van der Waals surface area contributed by atoms with Crippen molar-refractivity contribution in [2.24, 2.45) is 0 Å².